The van der Waals surface area contributed by atoms with Crippen LogP contribution in [0.4, 0.5) is 0 Å². The van der Waals surface area contributed by atoms with Crippen LogP contribution in [0.3, 0.4) is 0 Å². The molecular weight excluding hydrogens is 460 g/mol. The standard InChI is InChI=1S/C28H50N2O6/c1-4-6-8-10-11-12-13-14-15-17-22(35-28(34)24(20-26(29)32)30-21(3)31)19-25-23(27(33)36-25)18-16-9-7-5-2/h22-25H,4-20H2,1-3H3,(H2,29,32)(H,30,31)/t22-,23-,24-,25-/m0/s1. The van der Waals surface area contributed by atoms with Crippen LogP contribution in [-0.4, -0.2) is 42.0 Å². The first kappa shape index (κ1) is 31.9. The van der Waals surface area contributed by atoms with Gasteiger partial charge in [0.25, 0.3) is 0 Å². The predicted octanol–water partition coefficient (Wildman–Crippen LogP) is 5.10. The summed E-state index contributed by atoms with van der Waals surface area (Å²) >= 11 is 0. The molecule has 0 bridgehead atoms. The van der Waals surface area contributed by atoms with Crippen molar-refractivity contribution in [1.82, 2.24) is 5.32 Å². The number of carbonyl (C=O) groups is 4. The Bertz CT molecular complexity index is 652. The van der Waals surface area contributed by atoms with Crippen molar-refractivity contribution in [2.75, 3.05) is 0 Å². The summed E-state index contributed by atoms with van der Waals surface area (Å²) in [6, 6.07) is -1.11. The molecule has 0 unspecified atom stereocenters. The van der Waals surface area contributed by atoms with E-state index in [1.807, 2.05) is 0 Å². The van der Waals surface area contributed by atoms with Crippen molar-refractivity contribution in [2.24, 2.45) is 11.7 Å². The Morgan fingerprint density at radius 2 is 1.47 bits per heavy atom. The molecule has 0 aliphatic carbocycles. The summed E-state index contributed by atoms with van der Waals surface area (Å²) in [6.45, 7) is 5.64. The highest BCUT2D eigenvalue weighted by Crippen LogP contribution is 2.32. The monoisotopic (exact) mass is 510 g/mol. The van der Waals surface area contributed by atoms with E-state index in [2.05, 4.69) is 19.2 Å². The van der Waals surface area contributed by atoms with Gasteiger partial charge in [-0.05, 0) is 19.3 Å². The predicted molar refractivity (Wildman–Crippen MR) is 140 cm³/mol. The number of rotatable bonds is 22. The molecular formula is C28H50N2O6. The van der Waals surface area contributed by atoms with Crippen molar-refractivity contribution < 1.29 is 28.7 Å². The molecule has 4 atom stereocenters. The fourth-order valence-corrected chi connectivity index (χ4v) is 4.76. The fourth-order valence-electron chi connectivity index (χ4n) is 4.76. The molecule has 2 amide bonds. The summed E-state index contributed by atoms with van der Waals surface area (Å²) in [4.78, 5) is 47.8. The van der Waals surface area contributed by atoms with E-state index < -0.39 is 29.9 Å². The van der Waals surface area contributed by atoms with Gasteiger partial charge in [-0.25, -0.2) is 4.79 Å². The van der Waals surface area contributed by atoms with Gasteiger partial charge < -0.3 is 20.5 Å². The number of esters is 2. The third-order valence-electron chi connectivity index (χ3n) is 6.86. The number of carbonyl (C=O) groups excluding carboxylic acids is 4. The third kappa shape index (κ3) is 13.8. The van der Waals surface area contributed by atoms with Crippen molar-refractivity contribution in [1.29, 1.82) is 0 Å². The van der Waals surface area contributed by atoms with Crippen LogP contribution in [0.15, 0.2) is 0 Å². The Morgan fingerprint density at radius 3 is 2.00 bits per heavy atom. The van der Waals surface area contributed by atoms with Crippen LogP contribution in [-0.2, 0) is 28.7 Å². The highest BCUT2D eigenvalue weighted by atomic mass is 16.6. The number of ether oxygens (including phenoxy) is 2. The normalized spacial score (nSPS) is 18.6. The molecule has 3 N–H and O–H groups in total. The van der Waals surface area contributed by atoms with Crippen LogP contribution in [0.5, 0.6) is 0 Å². The first-order valence-electron chi connectivity index (χ1n) is 14.2. The Hall–Kier alpha value is -2.12. The Balaban J connectivity index is 2.63. The van der Waals surface area contributed by atoms with E-state index in [-0.39, 0.29) is 24.4 Å². The average molecular weight is 511 g/mol. The second-order valence-corrected chi connectivity index (χ2v) is 10.3. The van der Waals surface area contributed by atoms with E-state index in [1.54, 1.807) is 0 Å². The molecule has 0 aromatic rings. The van der Waals surface area contributed by atoms with Gasteiger partial charge in [0.1, 0.15) is 18.2 Å². The second kappa shape index (κ2) is 19.1. The largest absolute Gasteiger partial charge is 0.461 e. The van der Waals surface area contributed by atoms with Crippen LogP contribution in [0, 0.1) is 5.92 Å². The number of nitrogens with two attached hydrogens (primary N) is 1. The van der Waals surface area contributed by atoms with Gasteiger partial charge in [-0.3, -0.25) is 14.4 Å². The molecule has 1 fully saturated rings. The van der Waals surface area contributed by atoms with E-state index in [4.69, 9.17) is 15.2 Å². The zero-order valence-corrected chi connectivity index (χ0v) is 22.9. The molecule has 1 heterocycles. The van der Waals surface area contributed by atoms with Gasteiger partial charge in [-0.2, -0.15) is 0 Å². The summed E-state index contributed by atoms with van der Waals surface area (Å²) in [5.74, 6) is -2.12. The molecule has 0 radical (unpaired) electrons. The molecule has 36 heavy (non-hydrogen) atoms. The molecule has 0 saturated carbocycles. The maximum atomic E-state index is 12.8. The van der Waals surface area contributed by atoms with Crippen molar-refractivity contribution in [3.8, 4) is 0 Å². The number of hydrogen-bond acceptors (Lipinski definition) is 6. The fraction of sp³-hybridized carbons (Fsp3) is 0.857. The second-order valence-electron chi connectivity index (χ2n) is 10.3. The Morgan fingerprint density at radius 1 is 0.917 bits per heavy atom. The maximum Gasteiger partial charge on any atom is 0.329 e. The lowest BCUT2D eigenvalue weighted by Crippen LogP contribution is -2.48. The van der Waals surface area contributed by atoms with Gasteiger partial charge in [-0.15, -0.1) is 0 Å². The third-order valence-corrected chi connectivity index (χ3v) is 6.86. The van der Waals surface area contributed by atoms with E-state index >= 15 is 0 Å². The van der Waals surface area contributed by atoms with Crippen LogP contribution in [0.1, 0.15) is 130 Å². The van der Waals surface area contributed by atoms with E-state index in [9.17, 15) is 19.2 Å². The lowest BCUT2D eigenvalue weighted by Gasteiger charge is -2.37. The summed E-state index contributed by atoms with van der Waals surface area (Å²) in [6.07, 6.45) is 15.9. The van der Waals surface area contributed by atoms with Gasteiger partial charge in [0.2, 0.25) is 11.8 Å². The quantitative estimate of drug-likeness (QED) is 0.154. The lowest BCUT2D eigenvalue weighted by atomic mass is 9.86. The highest BCUT2D eigenvalue weighted by Gasteiger charge is 2.43. The van der Waals surface area contributed by atoms with Crippen molar-refractivity contribution >= 4 is 23.8 Å². The van der Waals surface area contributed by atoms with Crippen LogP contribution >= 0.6 is 0 Å². The number of cyclic esters (lactones) is 1. The van der Waals surface area contributed by atoms with Crippen LogP contribution in [0.2, 0.25) is 0 Å². The molecule has 8 nitrogen and oxygen atoms in total. The number of hydrogen-bond donors (Lipinski definition) is 2. The molecule has 0 aromatic heterocycles. The summed E-state index contributed by atoms with van der Waals surface area (Å²) in [5.41, 5.74) is 5.26. The minimum atomic E-state index is -1.11. The summed E-state index contributed by atoms with van der Waals surface area (Å²) in [5, 5.41) is 2.46. The van der Waals surface area contributed by atoms with Crippen molar-refractivity contribution in [3.05, 3.63) is 0 Å². The Kier molecular flexibility index (Phi) is 16.9. The first-order valence-corrected chi connectivity index (χ1v) is 14.2. The zero-order chi connectivity index (χ0) is 26.8. The van der Waals surface area contributed by atoms with E-state index in [0.717, 1.165) is 51.4 Å². The van der Waals surface area contributed by atoms with E-state index in [1.165, 1.54) is 45.4 Å². The Labute approximate surface area is 217 Å². The number of nitrogens with one attached hydrogen (secondary N) is 1. The smallest absolute Gasteiger partial charge is 0.329 e. The molecule has 1 aliphatic heterocycles. The van der Waals surface area contributed by atoms with Gasteiger partial charge >= 0.3 is 11.9 Å². The van der Waals surface area contributed by atoms with Gasteiger partial charge in [0.05, 0.1) is 12.3 Å². The van der Waals surface area contributed by atoms with Crippen LogP contribution < -0.4 is 11.1 Å². The van der Waals surface area contributed by atoms with Crippen LogP contribution in [0.25, 0.3) is 0 Å². The highest BCUT2D eigenvalue weighted by molar-refractivity contribution is 5.88. The minimum absolute atomic E-state index is 0.150. The molecule has 8 heteroatoms. The molecule has 1 saturated heterocycles. The first-order chi connectivity index (χ1) is 17.3. The number of primary amides is 1. The van der Waals surface area contributed by atoms with Gasteiger partial charge in [-0.1, -0.05) is 90.9 Å². The maximum absolute atomic E-state index is 12.8. The number of unbranched alkanes of at least 4 members (excludes halogenated alkanes) is 11. The summed E-state index contributed by atoms with van der Waals surface area (Å²) < 4.78 is 11.2. The van der Waals surface area contributed by atoms with Crippen molar-refractivity contribution in [3.63, 3.8) is 0 Å². The minimum Gasteiger partial charge on any atom is -0.461 e. The lowest BCUT2D eigenvalue weighted by molar-refractivity contribution is -0.190. The SMILES string of the molecule is CCCCCCCCCCC[C@@H](C[C@@H]1OC(=O)[C@H]1CCCCCC)OC(=O)[C@H](CC(N)=O)NC(C)=O. The topological polar surface area (TPSA) is 125 Å². The van der Waals surface area contributed by atoms with Gasteiger partial charge in [0, 0.05) is 13.3 Å². The molecule has 0 spiro atoms. The molecule has 1 rings (SSSR count). The van der Waals surface area contributed by atoms with Crippen molar-refractivity contribution in [2.45, 2.75) is 148 Å². The molecule has 208 valence electrons. The number of amides is 2. The van der Waals surface area contributed by atoms with E-state index in [0.29, 0.717) is 12.8 Å². The van der Waals surface area contributed by atoms with Gasteiger partial charge in [0.15, 0.2) is 0 Å². The average Bonchev–Trinajstić information content (AvgIpc) is 2.81. The molecule has 1 aliphatic rings. The molecule has 0 aromatic carbocycles. The summed E-state index contributed by atoms with van der Waals surface area (Å²) in [7, 11) is 0. The zero-order valence-electron chi connectivity index (χ0n) is 22.9.